The lowest BCUT2D eigenvalue weighted by Gasteiger charge is -2.12. The van der Waals surface area contributed by atoms with E-state index in [9.17, 15) is 13.2 Å². The van der Waals surface area contributed by atoms with Crippen LogP contribution in [-0.4, -0.2) is 24.2 Å². The van der Waals surface area contributed by atoms with Gasteiger partial charge in [-0.25, -0.2) is 9.97 Å². The van der Waals surface area contributed by atoms with Crippen LogP contribution in [0.1, 0.15) is 5.69 Å². The molecule has 0 aliphatic rings. The second kappa shape index (κ2) is 4.73. The summed E-state index contributed by atoms with van der Waals surface area (Å²) >= 11 is 5.50. The van der Waals surface area contributed by atoms with Crippen LogP contribution < -0.4 is 9.47 Å². The van der Waals surface area contributed by atoms with E-state index in [2.05, 4.69) is 9.97 Å². The molecule has 4 nitrogen and oxygen atoms in total. The molecule has 1 aromatic carbocycles. The van der Waals surface area contributed by atoms with Crippen molar-refractivity contribution in [2.75, 3.05) is 14.2 Å². The van der Waals surface area contributed by atoms with Crippen molar-refractivity contribution in [2.24, 2.45) is 0 Å². The molecule has 0 atom stereocenters. The summed E-state index contributed by atoms with van der Waals surface area (Å²) < 4.78 is 48.6. The first-order valence-corrected chi connectivity index (χ1v) is 5.41. The van der Waals surface area contributed by atoms with Gasteiger partial charge >= 0.3 is 6.18 Å². The third kappa shape index (κ3) is 2.51. The first-order valence-electron chi connectivity index (χ1n) is 5.03. The number of benzene rings is 1. The fraction of sp³-hybridized carbons (Fsp3) is 0.273. The van der Waals surface area contributed by atoms with Crippen LogP contribution in [0.25, 0.3) is 10.9 Å². The molecule has 1 aromatic heterocycles. The molecule has 2 aromatic rings. The van der Waals surface area contributed by atoms with Crippen molar-refractivity contribution >= 4 is 22.5 Å². The van der Waals surface area contributed by atoms with E-state index in [1.165, 1.54) is 26.4 Å². The van der Waals surface area contributed by atoms with E-state index in [0.717, 1.165) is 0 Å². The lowest BCUT2D eigenvalue weighted by Crippen LogP contribution is -2.10. The highest BCUT2D eigenvalue weighted by atomic mass is 35.5. The second-order valence-electron chi connectivity index (χ2n) is 3.56. The van der Waals surface area contributed by atoms with Gasteiger partial charge in [-0.3, -0.25) is 0 Å². The van der Waals surface area contributed by atoms with E-state index >= 15 is 0 Å². The second-order valence-corrected chi connectivity index (χ2v) is 3.90. The van der Waals surface area contributed by atoms with E-state index in [0.29, 0.717) is 0 Å². The highest BCUT2D eigenvalue weighted by Gasteiger charge is 2.36. The van der Waals surface area contributed by atoms with Crippen LogP contribution in [0, 0.1) is 0 Å². The zero-order chi connectivity index (χ0) is 14.2. The fourth-order valence-corrected chi connectivity index (χ4v) is 1.82. The molecule has 2 rings (SSSR count). The number of ether oxygens (including phenoxy) is 2. The number of hydrogen-bond donors (Lipinski definition) is 0. The van der Waals surface area contributed by atoms with Gasteiger partial charge in [-0.05, 0) is 17.7 Å². The highest BCUT2D eigenvalue weighted by Crippen LogP contribution is 2.38. The van der Waals surface area contributed by atoms with E-state index in [4.69, 9.17) is 21.1 Å². The van der Waals surface area contributed by atoms with Crippen molar-refractivity contribution in [3.63, 3.8) is 0 Å². The lowest BCUT2D eigenvalue weighted by molar-refractivity contribution is -0.139. The summed E-state index contributed by atoms with van der Waals surface area (Å²) in [6.45, 7) is 0. The molecule has 0 amide bonds. The number of methoxy groups -OCH3 is 2. The van der Waals surface area contributed by atoms with Crippen LogP contribution in [0.5, 0.6) is 11.5 Å². The number of halogens is 4. The molecule has 1 heterocycles. The Morgan fingerprint density at radius 2 is 1.63 bits per heavy atom. The summed E-state index contributed by atoms with van der Waals surface area (Å²) in [7, 11) is 2.70. The SMILES string of the molecule is COc1cc2nc(Cl)nc(C(F)(F)F)c2cc1OC. The Labute approximate surface area is 111 Å². The normalized spacial score (nSPS) is 11.7. The maximum absolute atomic E-state index is 12.9. The summed E-state index contributed by atoms with van der Waals surface area (Å²) in [5.41, 5.74) is -1.08. The Kier molecular flexibility index (Phi) is 3.40. The molecule has 0 N–H and O–H groups in total. The monoisotopic (exact) mass is 292 g/mol. The quantitative estimate of drug-likeness (QED) is 0.797. The zero-order valence-electron chi connectivity index (χ0n) is 9.88. The predicted octanol–water partition coefficient (Wildman–Crippen LogP) is 3.32. The van der Waals surface area contributed by atoms with Crippen LogP contribution in [-0.2, 0) is 6.18 Å². The van der Waals surface area contributed by atoms with E-state index in [-0.39, 0.29) is 22.4 Å². The molecule has 102 valence electrons. The number of fused-ring (bicyclic) bond motifs is 1. The summed E-state index contributed by atoms with van der Waals surface area (Å²) in [6, 6.07) is 2.49. The number of alkyl halides is 3. The number of rotatable bonds is 2. The molecule has 0 fully saturated rings. The van der Waals surface area contributed by atoms with Gasteiger partial charge in [0.2, 0.25) is 5.28 Å². The smallest absolute Gasteiger partial charge is 0.434 e. The van der Waals surface area contributed by atoms with Crippen molar-refractivity contribution in [3.8, 4) is 11.5 Å². The standard InChI is InChI=1S/C11H8ClF3N2O2/c1-18-7-3-5-6(4-8(7)19-2)16-10(12)17-9(5)11(13,14)15/h3-4H,1-2H3. The minimum absolute atomic E-state index is 0.0324. The van der Waals surface area contributed by atoms with Crippen LogP contribution in [0.4, 0.5) is 13.2 Å². The molecular weight excluding hydrogens is 285 g/mol. The van der Waals surface area contributed by atoms with Crippen molar-refractivity contribution in [1.82, 2.24) is 9.97 Å². The Hall–Kier alpha value is -1.76. The molecule has 19 heavy (non-hydrogen) atoms. The Morgan fingerprint density at radius 1 is 1.05 bits per heavy atom. The minimum Gasteiger partial charge on any atom is -0.493 e. The van der Waals surface area contributed by atoms with Crippen LogP contribution in [0.2, 0.25) is 5.28 Å². The Morgan fingerprint density at radius 3 is 2.16 bits per heavy atom. The molecule has 0 bridgehead atoms. The Bertz CT molecular complexity index is 631. The molecule has 0 saturated heterocycles. The first kappa shape index (κ1) is 13.7. The largest absolute Gasteiger partial charge is 0.493 e. The van der Waals surface area contributed by atoms with Crippen LogP contribution in [0.3, 0.4) is 0 Å². The number of aromatic nitrogens is 2. The predicted molar refractivity (Wildman–Crippen MR) is 62.7 cm³/mol. The molecular formula is C11H8ClF3N2O2. The van der Waals surface area contributed by atoms with Crippen molar-refractivity contribution in [2.45, 2.75) is 6.18 Å². The molecule has 8 heteroatoms. The van der Waals surface area contributed by atoms with Crippen LogP contribution >= 0.6 is 11.6 Å². The number of hydrogen-bond acceptors (Lipinski definition) is 4. The summed E-state index contributed by atoms with van der Waals surface area (Å²) in [5, 5.41) is -0.679. The molecule has 0 aliphatic heterocycles. The van der Waals surface area contributed by atoms with Crippen LogP contribution in [0.15, 0.2) is 12.1 Å². The first-order chi connectivity index (χ1) is 8.86. The molecule has 0 unspecified atom stereocenters. The number of nitrogens with zero attached hydrogens (tertiary/aromatic N) is 2. The maximum Gasteiger partial charge on any atom is 0.434 e. The van der Waals surface area contributed by atoms with Gasteiger partial charge in [-0.1, -0.05) is 0 Å². The van der Waals surface area contributed by atoms with Gasteiger partial charge in [0, 0.05) is 11.5 Å². The van der Waals surface area contributed by atoms with E-state index in [1.807, 2.05) is 0 Å². The van der Waals surface area contributed by atoms with Crippen molar-refractivity contribution in [3.05, 3.63) is 23.1 Å². The van der Waals surface area contributed by atoms with E-state index in [1.54, 1.807) is 0 Å². The fourth-order valence-electron chi connectivity index (χ4n) is 1.64. The highest BCUT2D eigenvalue weighted by molar-refractivity contribution is 6.28. The van der Waals surface area contributed by atoms with Gasteiger partial charge in [-0.15, -0.1) is 0 Å². The summed E-state index contributed by atoms with van der Waals surface area (Å²) in [5.74, 6) is 0.421. The summed E-state index contributed by atoms with van der Waals surface area (Å²) in [4.78, 5) is 6.99. The van der Waals surface area contributed by atoms with E-state index < -0.39 is 17.2 Å². The van der Waals surface area contributed by atoms with Crippen molar-refractivity contribution < 1.29 is 22.6 Å². The molecule has 0 spiro atoms. The average Bonchev–Trinajstić information content (AvgIpc) is 2.34. The van der Waals surface area contributed by atoms with Gasteiger partial charge in [0.25, 0.3) is 0 Å². The van der Waals surface area contributed by atoms with Crippen molar-refractivity contribution in [1.29, 1.82) is 0 Å². The third-order valence-electron chi connectivity index (χ3n) is 2.44. The summed E-state index contributed by atoms with van der Waals surface area (Å²) in [6.07, 6.45) is -4.63. The average molecular weight is 293 g/mol. The Balaban J connectivity index is 2.83. The zero-order valence-corrected chi connectivity index (χ0v) is 10.6. The minimum atomic E-state index is -4.63. The van der Waals surface area contributed by atoms with Gasteiger partial charge in [0.1, 0.15) is 0 Å². The van der Waals surface area contributed by atoms with Gasteiger partial charge in [0.05, 0.1) is 19.7 Å². The molecule has 0 saturated carbocycles. The maximum atomic E-state index is 12.9. The van der Waals surface area contributed by atoms with Gasteiger partial charge < -0.3 is 9.47 Å². The topological polar surface area (TPSA) is 44.2 Å². The van der Waals surface area contributed by atoms with Gasteiger partial charge in [0.15, 0.2) is 17.2 Å². The molecule has 0 radical (unpaired) electrons. The van der Waals surface area contributed by atoms with Gasteiger partial charge in [-0.2, -0.15) is 13.2 Å². The lowest BCUT2D eigenvalue weighted by atomic mass is 10.1. The third-order valence-corrected chi connectivity index (χ3v) is 2.61. The molecule has 0 aliphatic carbocycles.